The Labute approximate surface area is 350 Å². The number of unbranched alkanes of at least 4 members (excludes halogenated alkanes) is 34. The van der Waals surface area contributed by atoms with Crippen molar-refractivity contribution < 1.29 is 20.1 Å². The number of carbonyl (C=O) groups excluding carboxylic acids is 1. The third-order valence-corrected chi connectivity index (χ3v) is 11.8. The van der Waals surface area contributed by atoms with Crippen molar-refractivity contribution in [1.29, 1.82) is 0 Å². The lowest BCUT2D eigenvalue weighted by Crippen LogP contribution is -2.50. The summed E-state index contributed by atoms with van der Waals surface area (Å²) in [6.45, 7) is 4.20. The average Bonchev–Trinajstić information content (AvgIpc) is 3.20. The molecule has 0 rings (SSSR count). The lowest BCUT2D eigenvalue weighted by Gasteiger charge is -2.26. The van der Waals surface area contributed by atoms with Gasteiger partial charge in [-0.1, -0.05) is 244 Å². The molecule has 1 amide bonds. The molecule has 0 aliphatic rings. The summed E-state index contributed by atoms with van der Waals surface area (Å²) in [5.41, 5.74) is 0. The fraction of sp³-hybridized carbons (Fsp3) is 0.902. The van der Waals surface area contributed by atoms with Gasteiger partial charge in [-0.25, -0.2) is 0 Å². The van der Waals surface area contributed by atoms with Gasteiger partial charge in [-0.15, -0.1) is 0 Å². The monoisotopic (exact) mass is 790 g/mol. The third-order valence-electron chi connectivity index (χ3n) is 11.8. The molecule has 0 saturated heterocycles. The van der Waals surface area contributed by atoms with Gasteiger partial charge in [-0.2, -0.15) is 0 Å². The second kappa shape index (κ2) is 46.5. The first-order valence-corrected chi connectivity index (χ1v) is 25.1. The molecule has 56 heavy (non-hydrogen) atoms. The predicted molar refractivity (Wildman–Crippen MR) is 245 cm³/mol. The van der Waals surface area contributed by atoms with Gasteiger partial charge in [0.15, 0.2) is 0 Å². The van der Waals surface area contributed by atoms with Crippen molar-refractivity contribution in [3.05, 3.63) is 24.3 Å². The van der Waals surface area contributed by atoms with E-state index in [0.717, 1.165) is 44.9 Å². The molecule has 0 heterocycles. The summed E-state index contributed by atoms with van der Waals surface area (Å²) in [4.78, 5) is 12.5. The SMILES string of the molecule is CCCCCCCCCCC/C=C\C/C=C\CCCCCCCCCCCC(=O)NC(CO)C(O)C(O)CCCCCCCCCCCCCCCCCCC. The molecule has 3 atom stereocenters. The molecule has 5 heteroatoms. The molecule has 4 N–H and O–H groups in total. The van der Waals surface area contributed by atoms with Gasteiger partial charge < -0.3 is 20.6 Å². The fourth-order valence-corrected chi connectivity index (χ4v) is 7.90. The number of hydrogen-bond donors (Lipinski definition) is 4. The maximum atomic E-state index is 12.5. The highest BCUT2D eigenvalue weighted by Crippen LogP contribution is 2.17. The Morgan fingerprint density at radius 3 is 1.12 bits per heavy atom. The van der Waals surface area contributed by atoms with E-state index in [1.54, 1.807) is 0 Å². The van der Waals surface area contributed by atoms with Gasteiger partial charge in [-0.05, 0) is 44.9 Å². The predicted octanol–water partition coefficient (Wildman–Crippen LogP) is 14.9. The second-order valence-electron chi connectivity index (χ2n) is 17.4. The fourth-order valence-electron chi connectivity index (χ4n) is 7.90. The van der Waals surface area contributed by atoms with Crippen LogP contribution in [0.5, 0.6) is 0 Å². The smallest absolute Gasteiger partial charge is 0.220 e. The third kappa shape index (κ3) is 41.0. The summed E-state index contributed by atoms with van der Waals surface area (Å²) >= 11 is 0. The van der Waals surface area contributed by atoms with Crippen molar-refractivity contribution in [1.82, 2.24) is 5.32 Å². The second-order valence-corrected chi connectivity index (χ2v) is 17.4. The molecule has 0 aliphatic heterocycles. The number of rotatable bonds is 46. The zero-order valence-electron chi connectivity index (χ0n) is 37.8. The molecular formula is C51H99NO4. The number of aliphatic hydroxyl groups excluding tert-OH is 3. The van der Waals surface area contributed by atoms with E-state index in [4.69, 9.17) is 0 Å². The van der Waals surface area contributed by atoms with E-state index in [1.807, 2.05) is 0 Å². The maximum Gasteiger partial charge on any atom is 0.220 e. The molecule has 0 saturated carbocycles. The molecule has 0 aromatic rings. The summed E-state index contributed by atoms with van der Waals surface area (Å²) in [7, 11) is 0. The van der Waals surface area contributed by atoms with Crippen molar-refractivity contribution in [2.75, 3.05) is 6.61 Å². The van der Waals surface area contributed by atoms with E-state index in [0.29, 0.717) is 12.8 Å². The molecule has 0 spiro atoms. The van der Waals surface area contributed by atoms with Crippen LogP contribution in [0.25, 0.3) is 0 Å². The van der Waals surface area contributed by atoms with E-state index >= 15 is 0 Å². The van der Waals surface area contributed by atoms with Crippen LogP contribution in [0, 0.1) is 0 Å². The first-order chi connectivity index (χ1) is 27.6. The van der Waals surface area contributed by atoms with Gasteiger partial charge in [0.25, 0.3) is 0 Å². The Hall–Kier alpha value is -1.17. The summed E-state index contributed by atoms with van der Waals surface area (Å²) in [6.07, 6.45) is 57.3. The van der Waals surface area contributed by atoms with Crippen LogP contribution in [0.15, 0.2) is 24.3 Å². The van der Waals surface area contributed by atoms with Crippen molar-refractivity contribution in [3.8, 4) is 0 Å². The van der Waals surface area contributed by atoms with E-state index in [9.17, 15) is 20.1 Å². The van der Waals surface area contributed by atoms with Crippen LogP contribution in [0.4, 0.5) is 0 Å². The minimum Gasteiger partial charge on any atom is -0.394 e. The number of nitrogens with one attached hydrogen (secondary N) is 1. The van der Waals surface area contributed by atoms with Crippen LogP contribution in [0.2, 0.25) is 0 Å². The Morgan fingerprint density at radius 2 is 0.768 bits per heavy atom. The molecule has 0 aromatic heterocycles. The normalized spacial score (nSPS) is 13.6. The Morgan fingerprint density at radius 1 is 0.446 bits per heavy atom. The zero-order chi connectivity index (χ0) is 40.8. The Kier molecular flexibility index (Phi) is 45.5. The highest BCUT2D eigenvalue weighted by atomic mass is 16.3. The molecule has 0 fully saturated rings. The molecule has 0 aromatic carbocycles. The number of hydrogen-bond acceptors (Lipinski definition) is 4. The lowest BCUT2D eigenvalue weighted by atomic mass is 9.99. The van der Waals surface area contributed by atoms with E-state index in [-0.39, 0.29) is 12.5 Å². The minimum absolute atomic E-state index is 0.146. The maximum absolute atomic E-state index is 12.5. The summed E-state index contributed by atoms with van der Waals surface area (Å²) < 4.78 is 0. The van der Waals surface area contributed by atoms with E-state index < -0.39 is 18.2 Å². The standard InChI is InChI=1S/C51H99NO4/c1-3-5-7-9-11-13-15-17-19-21-22-23-24-25-26-27-28-30-32-34-36-38-40-42-44-46-50(55)52-48(47-53)51(56)49(54)45-43-41-39-37-35-33-31-29-20-18-16-14-12-10-8-6-4-2/h22-23,25-26,48-49,51,53-54,56H,3-21,24,27-47H2,1-2H3,(H,52,55)/b23-22-,26-25-. The Balaban J connectivity index is 3.58. The zero-order valence-corrected chi connectivity index (χ0v) is 37.8. The van der Waals surface area contributed by atoms with E-state index in [1.165, 1.54) is 199 Å². The first-order valence-electron chi connectivity index (χ1n) is 25.1. The molecular weight excluding hydrogens is 691 g/mol. The quantitative estimate of drug-likeness (QED) is 0.0365. The highest BCUT2D eigenvalue weighted by molar-refractivity contribution is 5.76. The molecule has 0 radical (unpaired) electrons. The lowest BCUT2D eigenvalue weighted by molar-refractivity contribution is -0.124. The van der Waals surface area contributed by atoms with Crippen molar-refractivity contribution in [2.24, 2.45) is 0 Å². The van der Waals surface area contributed by atoms with Crippen LogP contribution >= 0.6 is 0 Å². The van der Waals surface area contributed by atoms with Gasteiger partial charge in [0.2, 0.25) is 5.91 Å². The molecule has 0 bridgehead atoms. The highest BCUT2D eigenvalue weighted by Gasteiger charge is 2.26. The van der Waals surface area contributed by atoms with Gasteiger partial charge in [0.05, 0.1) is 18.8 Å². The first kappa shape index (κ1) is 54.8. The van der Waals surface area contributed by atoms with Gasteiger partial charge in [0.1, 0.15) is 6.10 Å². The van der Waals surface area contributed by atoms with Crippen LogP contribution in [0.3, 0.4) is 0 Å². The van der Waals surface area contributed by atoms with E-state index in [2.05, 4.69) is 43.5 Å². The molecule has 3 unspecified atom stereocenters. The topological polar surface area (TPSA) is 89.8 Å². The largest absolute Gasteiger partial charge is 0.394 e. The number of allylic oxidation sites excluding steroid dienone is 4. The number of amides is 1. The summed E-state index contributed by atoms with van der Waals surface area (Å²) in [5.74, 6) is -0.146. The van der Waals surface area contributed by atoms with Gasteiger partial charge in [0, 0.05) is 6.42 Å². The van der Waals surface area contributed by atoms with Crippen molar-refractivity contribution in [3.63, 3.8) is 0 Å². The van der Waals surface area contributed by atoms with Crippen LogP contribution < -0.4 is 5.32 Å². The number of carbonyl (C=O) groups is 1. The Bertz CT molecular complexity index is 829. The average molecular weight is 790 g/mol. The van der Waals surface area contributed by atoms with Crippen LogP contribution in [0.1, 0.15) is 271 Å². The van der Waals surface area contributed by atoms with Gasteiger partial charge in [-0.3, -0.25) is 4.79 Å². The molecule has 332 valence electrons. The summed E-state index contributed by atoms with van der Waals surface area (Å²) in [6, 6.07) is -0.810. The molecule has 0 aliphatic carbocycles. The molecule has 5 nitrogen and oxygen atoms in total. The summed E-state index contributed by atoms with van der Waals surface area (Å²) in [5, 5.41) is 33.7. The van der Waals surface area contributed by atoms with Crippen LogP contribution in [-0.2, 0) is 4.79 Å². The number of aliphatic hydroxyl groups is 3. The van der Waals surface area contributed by atoms with Gasteiger partial charge >= 0.3 is 0 Å². The van der Waals surface area contributed by atoms with Crippen molar-refractivity contribution in [2.45, 2.75) is 289 Å². The van der Waals surface area contributed by atoms with Crippen molar-refractivity contribution >= 4 is 5.91 Å². The minimum atomic E-state index is -1.14. The van der Waals surface area contributed by atoms with Crippen LogP contribution in [-0.4, -0.2) is 46.1 Å².